The highest BCUT2D eigenvalue weighted by Gasteiger charge is 2.20. The minimum atomic E-state index is -0.231. The second kappa shape index (κ2) is 6.56. The minimum absolute atomic E-state index is 0.231. The Morgan fingerprint density at radius 2 is 1.81 bits per heavy atom. The maximum Gasteiger partial charge on any atom is 0.259 e. The second-order valence-electron chi connectivity index (χ2n) is 4.35. The Balaban J connectivity index is 2.45. The summed E-state index contributed by atoms with van der Waals surface area (Å²) >= 11 is 14.5. The monoisotopic (exact) mass is 382 g/mol. The van der Waals surface area contributed by atoms with E-state index in [9.17, 15) is 4.79 Å². The Labute approximate surface area is 141 Å². The van der Waals surface area contributed by atoms with Crippen LogP contribution in [0.15, 0.2) is 46.9 Å². The number of hydrogen-bond donors (Lipinski definition) is 1. The number of para-hydroxylation sites is 1. The molecule has 1 amide bonds. The summed E-state index contributed by atoms with van der Waals surface area (Å²) < 4.78 is 0.672. The van der Waals surface area contributed by atoms with E-state index in [0.717, 1.165) is 0 Å². The third kappa shape index (κ3) is 3.26. The van der Waals surface area contributed by atoms with Gasteiger partial charge in [-0.05, 0) is 40.2 Å². The van der Waals surface area contributed by atoms with E-state index in [4.69, 9.17) is 29.6 Å². The van der Waals surface area contributed by atoms with Crippen molar-refractivity contribution in [3.8, 4) is 0 Å². The molecular formula is C15H12BrClN2OS. The van der Waals surface area contributed by atoms with E-state index in [1.807, 2.05) is 12.1 Å². The summed E-state index contributed by atoms with van der Waals surface area (Å²) in [5.41, 5.74) is 7.41. The van der Waals surface area contributed by atoms with Crippen molar-refractivity contribution in [3.63, 3.8) is 0 Å². The Kier molecular flexibility index (Phi) is 4.98. The molecule has 2 aromatic rings. The number of nitrogens with two attached hydrogens (primary N) is 1. The Morgan fingerprint density at radius 3 is 2.48 bits per heavy atom. The van der Waals surface area contributed by atoms with Crippen LogP contribution in [0.4, 0.5) is 5.69 Å². The summed E-state index contributed by atoms with van der Waals surface area (Å²) in [6.45, 7) is 0. The number of anilines is 1. The normalized spacial score (nSPS) is 10.2. The van der Waals surface area contributed by atoms with Gasteiger partial charge < -0.3 is 10.6 Å². The number of thiocarbonyl (C=S) groups is 1. The van der Waals surface area contributed by atoms with Gasteiger partial charge in [-0.1, -0.05) is 42.0 Å². The van der Waals surface area contributed by atoms with Gasteiger partial charge >= 0.3 is 0 Å². The quantitative estimate of drug-likeness (QED) is 0.815. The predicted octanol–water partition coefficient (Wildman–Crippen LogP) is 4.01. The molecule has 0 aromatic heterocycles. The molecular weight excluding hydrogens is 372 g/mol. The van der Waals surface area contributed by atoms with Crippen LogP contribution >= 0.6 is 39.7 Å². The number of hydrogen-bond acceptors (Lipinski definition) is 2. The Hall–Kier alpha value is -1.43. The van der Waals surface area contributed by atoms with E-state index in [1.165, 1.54) is 4.90 Å². The van der Waals surface area contributed by atoms with Crippen molar-refractivity contribution in [3.05, 3.63) is 63.1 Å². The standard InChI is InChI=1S/C15H12BrClN2OS/c1-19(12-8-3-2-5-9(12)14(18)21)15(20)10-6-4-7-11(16)13(10)17/h2-8H,1H3,(H2,18,21). The Morgan fingerprint density at radius 1 is 1.19 bits per heavy atom. The molecule has 0 aliphatic heterocycles. The van der Waals surface area contributed by atoms with Crippen molar-refractivity contribution in [1.29, 1.82) is 0 Å². The fourth-order valence-electron chi connectivity index (χ4n) is 1.93. The maximum atomic E-state index is 12.6. The Bertz CT molecular complexity index is 721. The van der Waals surface area contributed by atoms with Crippen LogP contribution in [0.1, 0.15) is 15.9 Å². The minimum Gasteiger partial charge on any atom is -0.389 e. The highest BCUT2D eigenvalue weighted by molar-refractivity contribution is 9.10. The first-order chi connectivity index (χ1) is 9.93. The molecule has 0 bridgehead atoms. The summed E-state index contributed by atoms with van der Waals surface area (Å²) in [6.07, 6.45) is 0. The molecule has 0 aliphatic rings. The largest absolute Gasteiger partial charge is 0.389 e. The molecule has 0 spiro atoms. The number of carbonyl (C=O) groups excluding carboxylic acids is 1. The highest BCUT2D eigenvalue weighted by Crippen LogP contribution is 2.28. The molecule has 0 atom stereocenters. The van der Waals surface area contributed by atoms with Crippen LogP contribution in [0, 0.1) is 0 Å². The van der Waals surface area contributed by atoms with Crippen LogP contribution in [0.25, 0.3) is 0 Å². The molecule has 21 heavy (non-hydrogen) atoms. The van der Waals surface area contributed by atoms with Crippen LogP contribution in [0.5, 0.6) is 0 Å². The lowest BCUT2D eigenvalue weighted by molar-refractivity contribution is 0.0993. The molecule has 0 heterocycles. The van der Waals surface area contributed by atoms with Crippen molar-refractivity contribution in [2.45, 2.75) is 0 Å². The lowest BCUT2D eigenvalue weighted by atomic mass is 10.1. The highest BCUT2D eigenvalue weighted by atomic mass is 79.9. The molecule has 0 unspecified atom stereocenters. The zero-order valence-corrected chi connectivity index (χ0v) is 14.3. The smallest absolute Gasteiger partial charge is 0.259 e. The molecule has 0 saturated heterocycles. The maximum absolute atomic E-state index is 12.6. The first kappa shape index (κ1) is 15.9. The number of nitrogens with zero attached hydrogens (tertiary/aromatic N) is 1. The summed E-state index contributed by atoms with van der Waals surface area (Å²) in [5.74, 6) is -0.231. The third-order valence-corrected chi connectivity index (χ3v) is 4.53. The molecule has 3 nitrogen and oxygen atoms in total. The fourth-order valence-corrected chi connectivity index (χ4v) is 2.68. The van der Waals surface area contributed by atoms with E-state index in [2.05, 4.69) is 15.9 Å². The SMILES string of the molecule is CN(C(=O)c1cccc(Br)c1Cl)c1ccccc1C(N)=S. The van der Waals surface area contributed by atoms with Gasteiger partial charge in [0.25, 0.3) is 5.91 Å². The molecule has 0 saturated carbocycles. The molecule has 6 heteroatoms. The third-order valence-electron chi connectivity index (χ3n) is 3.02. The van der Waals surface area contributed by atoms with Crippen LogP contribution in [0.3, 0.4) is 0 Å². The number of benzene rings is 2. The van der Waals surface area contributed by atoms with Gasteiger partial charge in [0, 0.05) is 17.1 Å². The van der Waals surface area contributed by atoms with Gasteiger partial charge in [0.1, 0.15) is 4.99 Å². The van der Waals surface area contributed by atoms with Crippen LogP contribution in [0.2, 0.25) is 5.02 Å². The molecule has 2 rings (SSSR count). The first-order valence-electron chi connectivity index (χ1n) is 6.04. The average Bonchev–Trinajstić information content (AvgIpc) is 2.48. The van der Waals surface area contributed by atoms with E-state index in [1.54, 1.807) is 37.4 Å². The summed E-state index contributed by atoms with van der Waals surface area (Å²) in [6, 6.07) is 12.4. The van der Waals surface area contributed by atoms with Crippen molar-refractivity contribution >= 4 is 56.3 Å². The van der Waals surface area contributed by atoms with Crippen LogP contribution < -0.4 is 10.6 Å². The molecule has 0 radical (unpaired) electrons. The van der Waals surface area contributed by atoms with Crippen LogP contribution in [-0.4, -0.2) is 17.9 Å². The van der Waals surface area contributed by atoms with Crippen molar-refractivity contribution in [2.24, 2.45) is 5.73 Å². The van der Waals surface area contributed by atoms with E-state index in [0.29, 0.717) is 26.3 Å². The molecule has 2 N–H and O–H groups in total. The topological polar surface area (TPSA) is 46.3 Å². The van der Waals surface area contributed by atoms with Gasteiger partial charge in [-0.15, -0.1) is 0 Å². The molecule has 108 valence electrons. The first-order valence-corrected chi connectivity index (χ1v) is 7.62. The number of rotatable bonds is 3. The van der Waals surface area contributed by atoms with Gasteiger partial charge in [-0.25, -0.2) is 0 Å². The zero-order chi connectivity index (χ0) is 15.6. The summed E-state index contributed by atoms with van der Waals surface area (Å²) in [5, 5.41) is 0.377. The zero-order valence-electron chi connectivity index (χ0n) is 11.1. The summed E-state index contributed by atoms with van der Waals surface area (Å²) in [7, 11) is 1.66. The van der Waals surface area contributed by atoms with E-state index in [-0.39, 0.29) is 10.9 Å². The predicted molar refractivity (Wildman–Crippen MR) is 94.2 cm³/mol. The number of carbonyl (C=O) groups is 1. The van der Waals surface area contributed by atoms with Crippen molar-refractivity contribution in [1.82, 2.24) is 0 Å². The molecule has 2 aromatic carbocycles. The number of amides is 1. The average molecular weight is 384 g/mol. The molecule has 0 aliphatic carbocycles. The van der Waals surface area contributed by atoms with Crippen molar-refractivity contribution < 1.29 is 4.79 Å². The lowest BCUT2D eigenvalue weighted by Crippen LogP contribution is -2.29. The van der Waals surface area contributed by atoms with Crippen molar-refractivity contribution in [2.75, 3.05) is 11.9 Å². The van der Waals surface area contributed by atoms with Gasteiger partial charge in [0.15, 0.2) is 0 Å². The fraction of sp³-hybridized carbons (Fsp3) is 0.0667. The van der Waals surface area contributed by atoms with Gasteiger partial charge in [0.2, 0.25) is 0 Å². The summed E-state index contributed by atoms with van der Waals surface area (Å²) in [4.78, 5) is 14.4. The van der Waals surface area contributed by atoms with Gasteiger partial charge in [-0.3, -0.25) is 4.79 Å². The molecule has 0 fully saturated rings. The van der Waals surface area contributed by atoms with Crippen LogP contribution in [-0.2, 0) is 0 Å². The van der Waals surface area contributed by atoms with E-state index < -0.39 is 0 Å². The van der Waals surface area contributed by atoms with E-state index >= 15 is 0 Å². The lowest BCUT2D eigenvalue weighted by Gasteiger charge is -2.21. The van der Waals surface area contributed by atoms with Gasteiger partial charge in [0.05, 0.1) is 16.3 Å². The number of halogens is 2. The second-order valence-corrected chi connectivity index (χ2v) is 6.02. The van der Waals surface area contributed by atoms with Gasteiger partial charge in [-0.2, -0.15) is 0 Å².